The smallest absolute Gasteiger partial charge is 0.140 e. The Labute approximate surface area is 150 Å². The first-order valence-corrected chi connectivity index (χ1v) is 8.52. The molecule has 0 bridgehead atoms. The molecule has 0 aliphatic carbocycles. The Morgan fingerprint density at radius 2 is 1.77 bits per heavy atom. The molecule has 0 atom stereocenters. The van der Waals surface area contributed by atoms with Crippen molar-refractivity contribution < 1.29 is 0 Å². The molecule has 3 heterocycles. The van der Waals surface area contributed by atoms with Crippen LogP contribution in [0.3, 0.4) is 0 Å². The molecule has 0 aliphatic rings. The summed E-state index contributed by atoms with van der Waals surface area (Å²) in [5.41, 5.74) is 4.98. The second-order valence-electron chi connectivity index (χ2n) is 6.20. The van der Waals surface area contributed by atoms with E-state index in [9.17, 15) is 0 Å². The highest BCUT2D eigenvalue weighted by molar-refractivity contribution is 5.94. The van der Waals surface area contributed by atoms with Gasteiger partial charge in [0.05, 0.1) is 11.2 Å². The summed E-state index contributed by atoms with van der Waals surface area (Å²) >= 11 is 0. The summed E-state index contributed by atoms with van der Waals surface area (Å²) in [5, 5.41) is 5.65. The van der Waals surface area contributed by atoms with Crippen LogP contribution in [0.25, 0.3) is 33.1 Å². The van der Waals surface area contributed by atoms with E-state index in [0.717, 1.165) is 39.2 Å². The normalized spacial score (nSPS) is 11.1. The van der Waals surface area contributed by atoms with Crippen LogP contribution >= 0.6 is 0 Å². The molecule has 3 aromatic heterocycles. The summed E-state index contributed by atoms with van der Waals surface area (Å²) in [6.45, 7) is 0. The molecule has 2 N–H and O–H groups in total. The molecule has 4 heteroatoms. The fraction of sp³-hybridized carbons (Fsp3) is 0. The number of aromatic amines is 1. The maximum atomic E-state index is 4.87. The minimum absolute atomic E-state index is 0.806. The lowest BCUT2D eigenvalue weighted by molar-refractivity contribution is 1.31. The number of nitrogens with zero attached hydrogens (tertiary/aromatic N) is 2. The molecule has 0 unspecified atom stereocenters. The van der Waals surface area contributed by atoms with Gasteiger partial charge in [-0.3, -0.25) is 4.98 Å². The lowest BCUT2D eigenvalue weighted by Crippen LogP contribution is -1.97. The van der Waals surface area contributed by atoms with Gasteiger partial charge in [0.2, 0.25) is 0 Å². The number of benzene rings is 2. The van der Waals surface area contributed by atoms with Crippen LogP contribution in [0.2, 0.25) is 0 Å². The summed E-state index contributed by atoms with van der Waals surface area (Å²) in [5.74, 6) is 0.806. The highest BCUT2D eigenvalue weighted by Crippen LogP contribution is 2.29. The Morgan fingerprint density at radius 3 is 2.69 bits per heavy atom. The quantitative estimate of drug-likeness (QED) is 0.456. The van der Waals surface area contributed by atoms with Crippen LogP contribution < -0.4 is 5.32 Å². The first kappa shape index (κ1) is 14.7. The molecule has 0 aliphatic heterocycles. The van der Waals surface area contributed by atoms with Crippen molar-refractivity contribution >= 4 is 33.3 Å². The summed E-state index contributed by atoms with van der Waals surface area (Å²) < 4.78 is 0. The SMILES string of the molecule is c1ccc(-c2cc3ncccc3c(Nc3ccc4cc[nH]c4c3)n2)cc1. The number of fused-ring (bicyclic) bond motifs is 2. The van der Waals surface area contributed by atoms with E-state index in [1.165, 1.54) is 5.39 Å². The van der Waals surface area contributed by atoms with Crippen molar-refractivity contribution in [2.45, 2.75) is 0 Å². The number of nitrogens with one attached hydrogen (secondary N) is 2. The summed E-state index contributed by atoms with van der Waals surface area (Å²) in [4.78, 5) is 12.6. The van der Waals surface area contributed by atoms with Crippen LogP contribution in [0.1, 0.15) is 0 Å². The first-order chi connectivity index (χ1) is 12.9. The van der Waals surface area contributed by atoms with Crippen molar-refractivity contribution in [3.63, 3.8) is 0 Å². The molecule has 0 fully saturated rings. The van der Waals surface area contributed by atoms with Crippen LogP contribution in [0, 0.1) is 0 Å². The van der Waals surface area contributed by atoms with Gasteiger partial charge in [0.1, 0.15) is 5.82 Å². The molecule has 0 amide bonds. The van der Waals surface area contributed by atoms with Crippen molar-refractivity contribution in [2.24, 2.45) is 0 Å². The van der Waals surface area contributed by atoms with Gasteiger partial charge in [-0.1, -0.05) is 36.4 Å². The Kier molecular flexibility index (Phi) is 3.39. The van der Waals surface area contributed by atoms with Crippen molar-refractivity contribution in [3.8, 4) is 11.3 Å². The van der Waals surface area contributed by atoms with E-state index >= 15 is 0 Å². The molecule has 5 rings (SSSR count). The zero-order valence-corrected chi connectivity index (χ0v) is 14.0. The predicted octanol–water partition coefficient (Wildman–Crippen LogP) is 5.52. The zero-order chi connectivity index (χ0) is 17.3. The van der Waals surface area contributed by atoms with Crippen molar-refractivity contribution in [1.29, 1.82) is 0 Å². The average Bonchev–Trinajstić information content (AvgIpc) is 3.16. The maximum absolute atomic E-state index is 4.87. The fourth-order valence-corrected chi connectivity index (χ4v) is 3.19. The number of rotatable bonds is 3. The van der Waals surface area contributed by atoms with Crippen molar-refractivity contribution in [1.82, 2.24) is 15.0 Å². The van der Waals surface area contributed by atoms with E-state index in [-0.39, 0.29) is 0 Å². The van der Waals surface area contributed by atoms with Gasteiger partial charge in [0.15, 0.2) is 0 Å². The van der Waals surface area contributed by atoms with Gasteiger partial charge in [0.25, 0.3) is 0 Å². The predicted molar refractivity (Wildman–Crippen MR) is 107 cm³/mol. The third-order valence-corrected chi connectivity index (χ3v) is 4.49. The summed E-state index contributed by atoms with van der Waals surface area (Å²) in [7, 11) is 0. The topological polar surface area (TPSA) is 53.6 Å². The number of hydrogen-bond donors (Lipinski definition) is 2. The lowest BCUT2D eigenvalue weighted by atomic mass is 10.1. The molecule has 0 saturated heterocycles. The van der Waals surface area contributed by atoms with E-state index in [2.05, 4.69) is 51.7 Å². The molecule has 0 radical (unpaired) electrons. The van der Waals surface area contributed by atoms with Gasteiger partial charge in [-0.2, -0.15) is 0 Å². The molecule has 0 saturated carbocycles. The second kappa shape index (κ2) is 6.01. The zero-order valence-electron chi connectivity index (χ0n) is 14.0. The van der Waals surface area contributed by atoms with Crippen LogP contribution in [-0.4, -0.2) is 15.0 Å². The average molecular weight is 336 g/mol. The van der Waals surface area contributed by atoms with Crippen molar-refractivity contribution in [3.05, 3.63) is 85.2 Å². The van der Waals surface area contributed by atoms with Gasteiger partial charge >= 0.3 is 0 Å². The molecule has 0 spiro atoms. The Morgan fingerprint density at radius 1 is 0.846 bits per heavy atom. The van der Waals surface area contributed by atoms with E-state index in [1.54, 1.807) is 0 Å². The highest BCUT2D eigenvalue weighted by atomic mass is 15.0. The molecule has 2 aromatic carbocycles. The van der Waals surface area contributed by atoms with E-state index in [4.69, 9.17) is 4.98 Å². The minimum atomic E-state index is 0.806. The number of anilines is 2. The van der Waals surface area contributed by atoms with Gasteiger partial charge < -0.3 is 10.3 Å². The summed E-state index contributed by atoms with van der Waals surface area (Å²) in [6, 6.07) is 24.5. The van der Waals surface area contributed by atoms with E-state index < -0.39 is 0 Å². The van der Waals surface area contributed by atoms with Crippen LogP contribution in [-0.2, 0) is 0 Å². The largest absolute Gasteiger partial charge is 0.361 e. The number of pyridine rings is 2. The van der Waals surface area contributed by atoms with E-state index in [1.807, 2.05) is 48.8 Å². The third-order valence-electron chi connectivity index (χ3n) is 4.49. The van der Waals surface area contributed by atoms with Crippen LogP contribution in [0.5, 0.6) is 0 Å². The Hall–Kier alpha value is -3.66. The molecular weight excluding hydrogens is 320 g/mol. The highest BCUT2D eigenvalue weighted by Gasteiger charge is 2.09. The third kappa shape index (κ3) is 2.58. The molecule has 26 heavy (non-hydrogen) atoms. The van der Waals surface area contributed by atoms with Crippen molar-refractivity contribution in [2.75, 3.05) is 5.32 Å². The molecule has 124 valence electrons. The molecule has 5 aromatic rings. The lowest BCUT2D eigenvalue weighted by Gasteiger charge is -2.11. The monoisotopic (exact) mass is 336 g/mol. The summed E-state index contributed by atoms with van der Waals surface area (Å²) in [6.07, 6.45) is 3.76. The standard InChI is InChI=1S/C22H16N4/c1-2-5-15(6-3-1)20-14-21-18(7-4-11-23-21)22(26-20)25-17-9-8-16-10-12-24-19(16)13-17/h1-14,24H,(H,25,26). The molecule has 4 nitrogen and oxygen atoms in total. The number of H-pyrrole nitrogens is 1. The van der Waals surface area contributed by atoms with Gasteiger partial charge in [-0.05, 0) is 41.8 Å². The maximum Gasteiger partial charge on any atom is 0.140 e. The Bertz CT molecular complexity index is 1210. The second-order valence-corrected chi connectivity index (χ2v) is 6.20. The first-order valence-electron chi connectivity index (χ1n) is 8.52. The van der Waals surface area contributed by atoms with Crippen LogP contribution in [0.15, 0.2) is 85.2 Å². The fourth-order valence-electron chi connectivity index (χ4n) is 3.19. The van der Waals surface area contributed by atoms with Crippen LogP contribution in [0.4, 0.5) is 11.5 Å². The minimum Gasteiger partial charge on any atom is -0.361 e. The van der Waals surface area contributed by atoms with Gasteiger partial charge in [-0.15, -0.1) is 0 Å². The molecular formula is C22H16N4. The van der Waals surface area contributed by atoms with E-state index in [0.29, 0.717) is 0 Å². The number of aromatic nitrogens is 3. The Balaban J connectivity index is 1.65. The van der Waals surface area contributed by atoms with Gasteiger partial charge in [0, 0.05) is 34.5 Å². The number of hydrogen-bond acceptors (Lipinski definition) is 3. The van der Waals surface area contributed by atoms with Gasteiger partial charge in [-0.25, -0.2) is 4.98 Å².